The molecule has 6 heteroatoms. The predicted molar refractivity (Wildman–Crippen MR) is 79.8 cm³/mol. The fraction of sp³-hybridized carbons (Fsp3) is 0.467. The summed E-state index contributed by atoms with van der Waals surface area (Å²) in [5.41, 5.74) is 0.312. The number of nitrogens with one attached hydrogen (secondary N) is 1. The average molecular weight is 313 g/mol. The quantitative estimate of drug-likeness (QED) is 0.933. The van der Waals surface area contributed by atoms with Gasteiger partial charge >= 0.3 is 0 Å². The lowest BCUT2D eigenvalue weighted by atomic mass is 10.0. The number of rotatable bonds is 3. The molecule has 2 rings (SSSR count). The van der Waals surface area contributed by atoms with E-state index < -0.39 is 11.9 Å². The van der Waals surface area contributed by atoms with E-state index in [-0.39, 0.29) is 30.7 Å². The molecule has 1 aliphatic heterocycles. The highest BCUT2D eigenvalue weighted by molar-refractivity contribution is 6.33. The first-order valence-corrected chi connectivity index (χ1v) is 7.32. The Balaban J connectivity index is 2.35. The van der Waals surface area contributed by atoms with Crippen molar-refractivity contribution in [2.24, 2.45) is 5.92 Å². The minimum absolute atomic E-state index is 0.174. The third-order valence-corrected chi connectivity index (χ3v) is 3.69. The molecular formula is C15H18ClFN2O2. The Kier molecular flexibility index (Phi) is 4.83. The molecular weight excluding hydrogens is 295 g/mol. The smallest absolute Gasteiger partial charge is 0.249 e. The first kappa shape index (κ1) is 15.8. The van der Waals surface area contributed by atoms with Crippen molar-refractivity contribution in [1.82, 2.24) is 5.32 Å². The fourth-order valence-electron chi connectivity index (χ4n) is 2.40. The minimum atomic E-state index is -0.598. The number of benzene rings is 1. The lowest BCUT2D eigenvalue weighted by Crippen LogP contribution is -2.45. The van der Waals surface area contributed by atoms with E-state index >= 15 is 0 Å². The maximum absolute atomic E-state index is 13.4. The number of amides is 2. The molecule has 1 atom stereocenters. The fourth-order valence-corrected chi connectivity index (χ4v) is 2.62. The van der Waals surface area contributed by atoms with Crippen LogP contribution < -0.4 is 10.2 Å². The molecule has 1 aromatic carbocycles. The molecule has 2 amide bonds. The second-order valence-corrected chi connectivity index (χ2v) is 5.99. The minimum Gasteiger partial charge on any atom is -0.344 e. The Labute approximate surface area is 128 Å². The van der Waals surface area contributed by atoms with E-state index in [9.17, 15) is 14.0 Å². The largest absolute Gasteiger partial charge is 0.344 e. The zero-order chi connectivity index (χ0) is 15.6. The molecule has 4 nitrogen and oxygen atoms in total. The van der Waals surface area contributed by atoms with Gasteiger partial charge < -0.3 is 10.2 Å². The number of carbonyl (C=O) groups is 2. The topological polar surface area (TPSA) is 49.4 Å². The van der Waals surface area contributed by atoms with Gasteiger partial charge in [-0.15, -0.1) is 0 Å². The van der Waals surface area contributed by atoms with Gasteiger partial charge in [0.05, 0.1) is 10.7 Å². The van der Waals surface area contributed by atoms with Crippen LogP contribution in [0.1, 0.15) is 26.7 Å². The predicted octanol–water partition coefficient (Wildman–Crippen LogP) is 2.75. The summed E-state index contributed by atoms with van der Waals surface area (Å²) in [5, 5.41) is 3.02. The number of hydrogen-bond donors (Lipinski definition) is 1. The van der Waals surface area contributed by atoms with E-state index in [2.05, 4.69) is 5.32 Å². The van der Waals surface area contributed by atoms with Crippen molar-refractivity contribution in [3.63, 3.8) is 0 Å². The van der Waals surface area contributed by atoms with Crippen molar-refractivity contribution in [2.75, 3.05) is 11.4 Å². The summed E-state index contributed by atoms with van der Waals surface area (Å²) in [5.74, 6) is -0.639. The molecule has 0 saturated carbocycles. The van der Waals surface area contributed by atoms with Crippen molar-refractivity contribution in [3.8, 4) is 0 Å². The Morgan fingerprint density at radius 3 is 2.81 bits per heavy atom. The van der Waals surface area contributed by atoms with E-state index in [1.165, 1.54) is 23.1 Å². The molecule has 21 heavy (non-hydrogen) atoms. The van der Waals surface area contributed by atoms with Crippen LogP contribution in [0.25, 0.3) is 0 Å². The maximum atomic E-state index is 13.4. The first-order chi connectivity index (χ1) is 9.88. The van der Waals surface area contributed by atoms with E-state index in [1.807, 2.05) is 13.8 Å². The number of carbonyl (C=O) groups excluding carboxylic acids is 2. The van der Waals surface area contributed by atoms with E-state index in [0.717, 1.165) is 0 Å². The first-order valence-electron chi connectivity index (χ1n) is 6.94. The van der Waals surface area contributed by atoms with Gasteiger partial charge in [0.15, 0.2) is 0 Å². The summed E-state index contributed by atoms with van der Waals surface area (Å²) >= 11 is 6.07. The standard InChI is InChI=1S/C15H18ClFN2O2/c1-9(2)7-12-15(21)19(6-5-14(20)18-12)13-8-10(17)3-4-11(13)16/h3-4,8-9,12H,5-7H2,1-2H3,(H,18,20). The number of hydrogen-bond acceptors (Lipinski definition) is 2. The van der Waals surface area contributed by atoms with E-state index in [0.29, 0.717) is 17.1 Å². The Hall–Kier alpha value is -1.62. The summed E-state index contributed by atoms with van der Waals surface area (Å²) in [6.07, 6.45) is 0.710. The van der Waals surface area contributed by atoms with Gasteiger partial charge in [0, 0.05) is 13.0 Å². The molecule has 1 fully saturated rings. The molecule has 1 N–H and O–H groups in total. The van der Waals surface area contributed by atoms with Gasteiger partial charge in [-0.1, -0.05) is 25.4 Å². The van der Waals surface area contributed by atoms with Crippen LogP contribution in [0.4, 0.5) is 10.1 Å². The molecule has 1 aliphatic rings. The summed E-state index contributed by atoms with van der Waals surface area (Å²) in [4.78, 5) is 25.8. The lowest BCUT2D eigenvalue weighted by molar-refractivity contribution is -0.125. The summed E-state index contributed by atoms with van der Waals surface area (Å²) in [6, 6.07) is 3.28. The summed E-state index contributed by atoms with van der Waals surface area (Å²) in [7, 11) is 0. The van der Waals surface area contributed by atoms with Crippen molar-refractivity contribution in [2.45, 2.75) is 32.7 Å². The van der Waals surface area contributed by atoms with Crippen molar-refractivity contribution < 1.29 is 14.0 Å². The second-order valence-electron chi connectivity index (χ2n) is 5.59. The van der Waals surface area contributed by atoms with Crippen LogP contribution in [0.5, 0.6) is 0 Å². The van der Waals surface area contributed by atoms with Crippen LogP contribution in [-0.2, 0) is 9.59 Å². The maximum Gasteiger partial charge on any atom is 0.249 e. The molecule has 0 aliphatic carbocycles. The van der Waals surface area contributed by atoms with Crippen LogP contribution in [0.2, 0.25) is 5.02 Å². The van der Waals surface area contributed by atoms with Crippen LogP contribution in [0, 0.1) is 11.7 Å². The van der Waals surface area contributed by atoms with E-state index in [1.54, 1.807) is 0 Å². The SMILES string of the molecule is CC(C)CC1NC(=O)CCN(c2cc(F)ccc2Cl)C1=O. The van der Waals surface area contributed by atoms with Gasteiger partial charge in [-0.05, 0) is 30.5 Å². The zero-order valence-electron chi connectivity index (χ0n) is 12.0. The lowest BCUT2D eigenvalue weighted by Gasteiger charge is -2.25. The Morgan fingerprint density at radius 2 is 2.14 bits per heavy atom. The van der Waals surface area contributed by atoms with Gasteiger partial charge in [0.25, 0.3) is 0 Å². The molecule has 0 spiro atoms. The van der Waals surface area contributed by atoms with Gasteiger partial charge in [-0.3, -0.25) is 9.59 Å². The van der Waals surface area contributed by atoms with E-state index in [4.69, 9.17) is 11.6 Å². The molecule has 0 radical (unpaired) electrons. The molecule has 1 unspecified atom stereocenters. The highest BCUT2D eigenvalue weighted by atomic mass is 35.5. The van der Waals surface area contributed by atoms with Gasteiger partial charge in [0.2, 0.25) is 11.8 Å². The van der Waals surface area contributed by atoms with Gasteiger partial charge in [-0.2, -0.15) is 0 Å². The van der Waals surface area contributed by atoms with Crippen LogP contribution in [0.15, 0.2) is 18.2 Å². The highest BCUT2D eigenvalue weighted by Gasteiger charge is 2.32. The highest BCUT2D eigenvalue weighted by Crippen LogP contribution is 2.28. The average Bonchev–Trinajstić information content (AvgIpc) is 2.53. The zero-order valence-corrected chi connectivity index (χ0v) is 12.8. The van der Waals surface area contributed by atoms with Gasteiger partial charge in [-0.25, -0.2) is 4.39 Å². The Bertz CT molecular complexity index is 563. The number of halogens is 2. The molecule has 1 heterocycles. The third kappa shape index (κ3) is 3.73. The van der Waals surface area contributed by atoms with Crippen LogP contribution in [0.3, 0.4) is 0 Å². The summed E-state index contributed by atoms with van der Waals surface area (Å²) in [6.45, 7) is 4.15. The molecule has 0 aromatic heterocycles. The van der Waals surface area contributed by atoms with Crippen molar-refractivity contribution in [3.05, 3.63) is 29.0 Å². The van der Waals surface area contributed by atoms with Crippen LogP contribution >= 0.6 is 11.6 Å². The normalized spacial score (nSPS) is 19.7. The second kappa shape index (κ2) is 6.43. The number of anilines is 1. The van der Waals surface area contributed by atoms with Crippen LogP contribution in [-0.4, -0.2) is 24.4 Å². The summed E-state index contributed by atoms with van der Waals surface area (Å²) < 4.78 is 13.4. The molecule has 114 valence electrons. The van der Waals surface area contributed by atoms with Gasteiger partial charge in [0.1, 0.15) is 11.9 Å². The molecule has 1 saturated heterocycles. The molecule has 0 bridgehead atoms. The Morgan fingerprint density at radius 1 is 1.43 bits per heavy atom. The third-order valence-electron chi connectivity index (χ3n) is 3.37. The monoisotopic (exact) mass is 312 g/mol. The number of nitrogens with zero attached hydrogens (tertiary/aromatic N) is 1. The van der Waals surface area contributed by atoms with Crippen molar-refractivity contribution in [1.29, 1.82) is 0 Å². The van der Waals surface area contributed by atoms with Crippen molar-refractivity contribution >= 4 is 29.1 Å². The molecule has 1 aromatic rings.